The molecule has 0 saturated heterocycles. The molecule has 0 amide bonds. The summed E-state index contributed by atoms with van der Waals surface area (Å²) in [7, 11) is 0. The van der Waals surface area contributed by atoms with Gasteiger partial charge in [0, 0.05) is 5.38 Å². The van der Waals surface area contributed by atoms with E-state index in [0.29, 0.717) is 11.4 Å². The zero-order valence-electron chi connectivity index (χ0n) is 5.77. The summed E-state index contributed by atoms with van der Waals surface area (Å²) >= 11 is 1.05. The van der Waals surface area contributed by atoms with Gasteiger partial charge in [-0.3, -0.25) is 0 Å². The average molecular weight is 181 g/mol. The highest BCUT2D eigenvalue weighted by molar-refractivity contribution is 7.09. The number of hydrogen-bond acceptors (Lipinski definition) is 2. The SMILES string of the molecule is CCc1nc(C(F)(F)F)cs1. The fraction of sp³-hybridized carbons (Fsp3) is 0.500. The molecule has 0 fully saturated rings. The Morgan fingerprint density at radius 1 is 1.55 bits per heavy atom. The van der Waals surface area contributed by atoms with E-state index in [1.165, 1.54) is 0 Å². The highest BCUT2D eigenvalue weighted by Crippen LogP contribution is 2.29. The molecule has 1 aromatic rings. The van der Waals surface area contributed by atoms with Crippen LogP contribution in [0.15, 0.2) is 5.38 Å². The van der Waals surface area contributed by atoms with Crippen LogP contribution in [0.5, 0.6) is 0 Å². The van der Waals surface area contributed by atoms with E-state index in [1.54, 1.807) is 6.92 Å². The van der Waals surface area contributed by atoms with Crippen LogP contribution in [-0.4, -0.2) is 4.98 Å². The first-order chi connectivity index (χ1) is 5.04. The monoisotopic (exact) mass is 181 g/mol. The van der Waals surface area contributed by atoms with Gasteiger partial charge in [0.05, 0.1) is 5.01 Å². The third-order valence-corrected chi connectivity index (χ3v) is 2.14. The van der Waals surface area contributed by atoms with Crippen molar-refractivity contribution in [2.24, 2.45) is 0 Å². The fourth-order valence-corrected chi connectivity index (χ4v) is 1.36. The van der Waals surface area contributed by atoms with Crippen molar-refractivity contribution >= 4 is 11.3 Å². The van der Waals surface area contributed by atoms with E-state index in [9.17, 15) is 13.2 Å². The van der Waals surface area contributed by atoms with E-state index in [0.717, 1.165) is 16.7 Å². The molecule has 0 aliphatic rings. The Balaban J connectivity index is 2.89. The zero-order valence-corrected chi connectivity index (χ0v) is 6.59. The summed E-state index contributed by atoms with van der Waals surface area (Å²) in [4.78, 5) is 3.39. The van der Waals surface area contributed by atoms with Crippen molar-refractivity contribution in [1.82, 2.24) is 4.98 Å². The van der Waals surface area contributed by atoms with Crippen LogP contribution in [0.2, 0.25) is 0 Å². The van der Waals surface area contributed by atoms with E-state index >= 15 is 0 Å². The summed E-state index contributed by atoms with van der Waals surface area (Å²) in [5.74, 6) is 0. The Labute approximate surface area is 65.9 Å². The molecule has 62 valence electrons. The van der Waals surface area contributed by atoms with Crippen LogP contribution in [0.1, 0.15) is 17.6 Å². The predicted molar refractivity (Wildman–Crippen MR) is 36.5 cm³/mol. The summed E-state index contributed by atoms with van der Waals surface area (Å²) in [6, 6.07) is 0. The maximum absolute atomic E-state index is 11.9. The van der Waals surface area contributed by atoms with E-state index in [1.807, 2.05) is 0 Å². The number of halogens is 3. The van der Waals surface area contributed by atoms with Gasteiger partial charge in [-0.25, -0.2) is 4.98 Å². The van der Waals surface area contributed by atoms with Gasteiger partial charge in [0.1, 0.15) is 0 Å². The van der Waals surface area contributed by atoms with Crippen LogP contribution in [0.25, 0.3) is 0 Å². The molecule has 11 heavy (non-hydrogen) atoms. The second-order valence-corrected chi connectivity index (χ2v) is 2.92. The molecular formula is C6H6F3NS. The van der Waals surface area contributed by atoms with Crippen molar-refractivity contribution in [3.05, 3.63) is 16.1 Å². The molecule has 0 unspecified atom stereocenters. The molecule has 0 spiro atoms. The summed E-state index contributed by atoms with van der Waals surface area (Å²) in [6.07, 6.45) is -3.73. The van der Waals surface area contributed by atoms with Gasteiger partial charge in [-0.2, -0.15) is 13.2 Å². The molecule has 0 radical (unpaired) electrons. The van der Waals surface area contributed by atoms with Gasteiger partial charge in [-0.05, 0) is 6.42 Å². The molecule has 0 aromatic carbocycles. The second-order valence-electron chi connectivity index (χ2n) is 1.98. The van der Waals surface area contributed by atoms with Crippen molar-refractivity contribution in [3.8, 4) is 0 Å². The summed E-state index contributed by atoms with van der Waals surface area (Å²) in [6.45, 7) is 1.78. The lowest BCUT2D eigenvalue weighted by atomic mass is 10.4. The molecule has 0 aliphatic heterocycles. The number of aromatic nitrogens is 1. The Morgan fingerprint density at radius 2 is 2.18 bits per heavy atom. The minimum Gasteiger partial charge on any atom is -0.237 e. The molecule has 0 saturated carbocycles. The predicted octanol–water partition coefficient (Wildman–Crippen LogP) is 2.72. The lowest BCUT2D eigenvalue weighted by molar-refractivity contribution is -0.140. The number of thiazole rings is 1. The summed E-state index contributed by atoms with van der Waals surface area (Å²) in [5, 5.41) is 1.57. The molecule has 1 rings (SSSR count). The first kappa shape index (κ1) is 8.52. The molecule has 1 heterocycles. The lowest BCUT2D eigenvalue weighted by Crippen LogP contribution is -2.05. The third-order valence-electron chi connectivity index (χ3n) is 1.14. The first-order valence-corrected chi connectivity index (χ1v) is 3.93. The van der Waals surface area contributed by atoms with Crippen LogP contribution < -0.4 is 0 Å². The average Bonchev–Trinajstić information content (AvgIpc) is 2.32. The van der Waals surface area contributed by atoms with Gasteiger partial charge >= 0.3 is 6.18 Å². The highest BCUT2D eigenvalue weighted by atomic mass is 32.1. The standard InChI is InChI=1S/C6H6F3NS/c1-2-5-10-4(3-11-5)6(7,8)9/h3H,2H2,1H3. The van der Waals surface area contributed by atoms with Crippen molar-refractivity contribution < 1.29 is 13.2 Å². The van der Waals surface area contributed by atoms with Crippen LogP contribution in [0.4, 0.5) is 13.2 Å². The quantitative estimate of drug-likeness (QED) is 0.649. The Kier molecular flexibility index (Phi) is 2.17. The van der Waals surface area contributed by atoms with E-state index in [-0.39, 0.29) is 0 Å². The second kappa shape index (κ2) is 2.81. The Bertz CT molecular complexity index is 240. The van der Waals surface area contributed by atoms with Crippen LogP contribution >= 0.6 is 11.3 Å². The smallest absolute Gasteiger partial charge is 0.237 e. The van der Waals surface area contributed by atoms with E-state index in [2.05, 4.69) is 4.98 Å². The Morgan fingerprint density at radius 3 is 2.45 bits per heavy atom. The molecule has 0 aliphatic carbocycles. The van der Waals surface area contributed by atoms with Gasteiger partial charge in [0.25, 0.3) is 0 Å². The van der Waals surface area contributed by atoms with Gasteiger partial charge in [-0.1, -0.05) is 6.92 Å². The molecule has 0 atom stereocenters. The molecule has 1 nitrogen and oxygen atoms in total. The first-order valence-electron chi connectivity index (χ1n) is 3.05. The number of hydrogen-bond donors (Lipinski definition) is 0. The highest BCUT2D eigenvalue weighted by Gasteiger charge is 2.33. The maximum atomic E-state index is 11.9. The maximum Gasteiger partial charge on any atom is 0.434 e. The zero-order chi connectivity index (χ0) is 8.48. The summed E-state index contributed by atoms with van der Waals surface area (Å²) < 4.78 is 35.6. The molecule has 0 bridgehead atoms. The largest absolute Gasteiger partial charge is 0.434 e. The fourth-order valence-electron chi connectivity index (χ4n) is 0.603. The minimum absolute atomic E-state index is 0.525. The summed E-state index contributed by atoms with van der Waals surface area (Å²) in [5.41, 5.74) is -0.778. The normalized spacial score (nSPS) is 12.0. The lowest BCUT2D eigenvalue weighted by Gasteiger charge is -1.99. The molecule has 5 heteroatoms. The van der Waals surface area contributed by atoms with Gasteiger partial charge in [0.2, 0.25) is 0 Å². The van der Waals surface area contributed by atoms with Crippen LogP contribution in [-0.2, 0) is 12.6 Å². The number of aryl methyl sites for hydroxylation is 1. The van der Waals surface area contributed by atoms with Gasteiger partial charge in [-0.15, -0.1) is 11.3 Å². The van der Waals surface area contributed by atoms with Crippen LogP contribution in [0.3, 0.4) is 0 Å². The van der Waals surface area contributed by atoms with E-state index < -0.39 is 11.9 Å². The number of nitrogens with zero attached hydrogens (tertiary/aromatic N) is 1. The molecule has 1 aromatic heterocycles. The topological polar surface area (TPSA) is 12.9 Å². The van der Waals surface area contributed by atoms with Gasteiger partial charge in [0.15, 0.2) is 5.69 Å². The van der Waals surface area contributed by atoms with E-state index in [4.69, 9.17) is 0 Å². The van der Waals surface area contributed by atoms with Crippen LogP contribution in [0, 0.1) is 0 Å². The molecular weight excluding hydrogens is 175 g/mol. The van der Waals surface area contributed by atoms with Crippen molar-refractivity contribution in [1.29, 1.82) is 0 Å². The van der Waals surface area contributed by atoms with Crippen molar-refractivity contribution in [2.75, 3.05) is 0 Å². The van der Waals surface area contributed by atoms with Crippen molar-refractivity contribution in [2.45, 2.75) is 19.5 Å². The minimum atomic E-state index is -4.29. The van der Waals surface area contributed by atoms with Gasteiger partial charge < -0.3 is 0 Å². The van der Waals surface area contributed by atoms with Crippen molar-refractivity contribution in [3.63, 3.8) is 0 Å². The third kappa shape index (κ3) is 1.92. The number of rotatable bonds is 1. The molecule has 0 N–H and O–H groups in total. The Hall–Kier alpha value is -0.580. The number of alkyl halides is 3.